The number of rotatable bonds is 6. The first-order valence-corrected chi connectivity index (χ1v) is 9.69. The summed E-state index contributed by atoms with van der Waals surface area (Å²) >= 11 is 0. The molecule has 0 aromatic heterocycles. The summed E-state index contributed by atoms with van der Waals surface area (Å²) in [5.41, 5.74) is 0. The molecule has 0 aliphatic rings. The maximum atomic E-state index is 9.53. The standard InChI is InChI=1S/C8H18O2.4C3H7O.Ti/c1-2-3-4-5-6-7-8(9)10;4*1-3(2)4;/h8-10H,2-7H2,1H3;4*3H,1-2H3;/q;4*-1;+4. The predicted octanol–water partition coefficient (Wildman–Crippen LogP) is 0.676. The van der Waals surface area contributed by atoms with Crippen LogP contribution in [0, 0.1) is 0 Å². The molecule has 2 N–H and O–H groups in total. The zero-order chi connectivity index (χ0) is 22.1. The molecule has 0 amide bonds. The van der Waals surface area contributed by atoms with Gasteiger partial charge in [-0.25, -0.2) is 0 Å². The van der Waals surface area contributed by atoms with Crippen LogP contribution >= 0.6 is 0 Å². The first-order chi connectivity index (χ1) is 11.7. The minimum Gasteiger partial charge on any atom is -0.852 e. The number of aliphatic hydroxyl groups is 2. The Labute approximate surface area is 183 Å². The number of aliphatic hydroxyl groups excluding tert-OH is 1. The molecule has 0 rings (SSSR count). The third-order valence-electron chi connectivity index (χ3n) is 1.57. The van der Waals surface area contributed by atoms with Crippen LogP contribution in [0.25, 0.3) is 0 Å². The monoisotopic (exact) mass is 430 g/mol. The van der Waals surface area contributed by atoms with E-state index in [1.165, 1.54) is 19.3 Å². The molecule has 0 saturated heterocycles. The maximum absolute atomic E-state index is 9.53. The third-order valence-corrected chi connectivity index (χ3v) is 1.57. The van der Waals surface area contributed by atoms with Gasteiger partial charge in [-0.2, -0.15) is 0 Å². The van der Waals surface area contributed by atoms with Crippen LogP contribution < -0.4 is 20.4 Å². The minimum absolute atomic E-state index is 0. The van der Waals surface area contributed by atoms with E-state index >= 15 is 0 Å². The van der Waals surface area contributed by atoms with E-state index < -0.39 is 30.7 Å². The van der Waals surface area contributed by atoms with Gasteiger partial charge in [-0.3, -0.25) is 0 Å². The second-order valence-electron chi connectivity index (χ2n) is 6.88. The van der Waals surface area contributed by atoms with Gasteiger partial charge in [0.25, 0.3) is 0 Å². The van der Waals surface area contributed by atoms with Crippen LogP contribution in [0.3, 0.4) is 0 Å². The van der Waals surface area contributed by atoms with Crippen molar-refractivity contribution >= 4 is 0 Å². The van der Waals surface area contributed by atoms with Crippen LogP contribution in [-0.4, -0.2) is 40.9 Å². The number of unbranched alkanes of at least 4 members (excludes halogenated alkanes) is 4. The van der Waals surface area contributed by atoms with E-state index in [0.29, 0.717) is 6.42 Å². The van der Waals surface area contributed by atoms with E-state index in [1.54, 1.807) is 55.4 Å². The summed E-state index contributed by atoms with van der Waals surface area (Å²) < 4.78 is 0. The van der Waals surface area contributed by atoms with Crippen LogP contribution in [0.15, 0.2) is 0 Å². The Bertz CT molecular complexity index is 166. The van der Waals surface area contributed by atoms with Crippen molar-refractivity contribution in [2.45, 2.75) is 132 Å². The molecule has 0 aromatic rings. The number of hydrogen-bond acceptors (Lipinski definition) is 6. The zero-order valence-corrected chi connectivity index (χ0v) is 20.7. The van der Waals surface area contributed by atoms with Crippen molar-refractivity contribution in [2.75, 3.05) is 0 Å². The summed E-state index contributed by atoms with van der Waals surface area (Å²) in [6, 6.07) is 0. The molecule has 0 heterocycles. The smallest absolute Gasteiger partial charge is 0.852 e. The fourth-order valence-electron chi connectivity index (χ4n) is 0.930. The maximum Gasteiger partial charge on any atom is 4.00 e. The third kappa shape index (κ3) is 284. The van der Waals surface area contributed by atoms with Crippen LogP contribution in [0.4, 0.5) is 0 Å². The van der Waals surface area contributed by atoms with Gasteiger partial charge in [0.1, 0.15) is 0 Å². The second-order valence-corrected chi connectivity index (χ2v) is 6.88. The molecule has 0 atom stereocenters. The zero-order valence-electron chi connectivity index (χ0n) is 19.2. The van der Waals surface area contributed by atoms with Gasteiger partial charge in [-0.1, -0.05) is 88.0 Å². The van der Waals surface area contributed by atoms with Gasteiger partial charge in [0.2, 0.25) is 0 Å². The van der Waals surface area contributed by atoms with Crippen molar-refractivity contribution in [3.8, 4) is 0 Å². The quantitative estimate of drug-likeness (QED) is 0.362. The predicted molar refractivity (Wildman–Crippen MR) is 102 cm³/mol. The van der Waals surface area contributed by atoms with Crippen molar-refractivity contribution in [3.05, 3.63) is 0 Å². The fourth-order valence-corrected chi connectivity index (χ4v) is 0.930. The van der Waals surface area contributed by atoms with Crippen LogP contribution in [0.2, 0.25) is 0 Å². The molecule has 0 fully saturated rings. The van der Waals surface area contributed by atoms with Gasteiger partial charge in [-0.15, -0.1) is 24.4 Å². The molecular formula is C20H46O6Ti. The first-order valence-electron chi connectivity index (χ1n) is 9.69. The Morgan fingerprint density at radius 3 is 0.963 bits per heavy atom. The van der Waals surface area contributed by atoms with Gasteiger partial charge in [-0.05, 0) is 12.8 Å². The number of hydrogen-bond donors (Lipinski definition) is 2. The molecule has 0 aliphatic carbocycles. The van der Waals surface area contributed by atoms with E-state index in [9.17, 15) is 20.4 Å². The van der Waals surface area contributed by atoms with Crippen molar-refractivity contribution < 1.29 is 52.4 Å². The summed E-state index contributed by atoms with van der Waals surface area (Å²) in [7, 11) is 0. The molecule has 0 unspecified atom stereocenters. The van der Waals surface area contributed by atoms with Crippen LogP contribution in [-0.2, 0) is 21.7 Å². The van der Waals surface area contributed by atoms with Crippen molar-refractivity contribution in [2.24, 2.45) is 0 Å². The first kappa shape index (κ1) is 41.8. The topological polar surface area (TPSA) is 133 Å². The molecule has 27 heavy (non-hydrogen) atoms. The Hall–Kier alpha value is 0.474. The van der Waals surface area contributed by atoms with E-state index in [0.717, 1.165) is 12.8 Å². The molecule has 0 aromatic carbocycles. The molecule has 166 valence electrons. The molecule has 7 heteroatoms. The Kier molecular flexibility index (Phi) is 57.6. The fraction of sp³-hybridized carbons (Fsp3) is 1.00. The SMILES string of the molecule is CC(C)[O-].CC(C)[O-].CC(C)[O-].CC(C)[O-].CCCCCCCC(O)O.[Ti+4]. The molecule has 0 saturated carbocycles. The van der Waals surface area contributed by atoms with Crippen molar-refractivity contribution in [1.82, 2.24) is 0 Å². The molecule has 6 nitrogen and oxygen atoms in total. The largest absolute Gasteiger partial charge is 4.00 e. The van der Waals surface area contributed by atoms with Crippen molar-refractivity contribution in [3.63, 3.8) is 0 Å². The molecule has 0 radical (unpaired) electrons. The Morgan fingerprint density at radius 1 is 0.556 bits per heavy atom. The molecule has 0 bridgehead atoms. The van der Waals surface area contributed by atoms with Gasteiger partial charge >= 0.3 is 21.7 Å². The van der Waals surface area contributed by atoms with Crippen molar-refractivity contribution in [1.29, 1.82) is 0 Å². The normalized spacial score (nSPS) is 9.33. The van der Waals surface area contributed by atoms with Gasteiger partial charge < -0.3 is 30.6 Å². The van der Waals surface area contributed by atoms with E-state index in [1.807, 2.05) is 0 Å². The van der Waals surface area contributed by atoms with Crippen LogP contribution in [0.1, 0.15) is 101 Å². The second kappa shape index (κ2) is 37.3. The summed E-state index contributed by atoms with van der Waals surface area (Å²) in [6.45, 7) is 15.1. The molecule has 0 spiro atoms. The van der Waals surface area contributed by atoms with Gasteiger partial charge in [0.15, 0.2) is 6.29 Å². The van der Waals surface area contributed by atoms with Gasteiger partial charge in [0.05, 0.1) is 0 Å². The molecule has 0 aliphatic heterocycles. The van der Waals surface area contributed by atoms with Gasteiger partial charge in [0, 0.05) is 0 Å². The van der Waals surface area contributed by atoms with E-state index in [4.69, 9.17) is 10.2 Å². The summed E-state index contributed by atoms with van der Waals surface area (Å²) in [4.78, 5) is 0. The Morgan fingerprint density at radius 2 is 0.778 bits per heavy atom. The summed E-state index contributed by atoms with van der Waals surface area (Å²) in [6.07, 6.45) is 3.57. The minimum atomic E-state index is -1.10. The Balaban J connectivity index is -0.0000000552. The summed E-state index contributed by atoms with van der Waals surface area (Å²) in [5, 5.41) is 55.0. The summed E-state index contributed by atoms with van der Waals surface area (Å²) in [5.74, 6) is 0. The van der Waals surface area contributed by atoms with E-state index in [2.05, 4.69) is 6.92 Å². The molecular weight excluding hydrogens is 384 g/mol. The average molecular weight is 430 g/mol. The average Bonchev–Trinajstić information content (AvgIpc) is 2.35. The van der Waals surface area contributed by atoms with Crippen LogP contribution in [0.5, 0.6) is 0 Å². The van der Waals surface area contributed by atoms with E-state index in [-0.39, 0.29) is 21.7 Å².